The molecule has 5 nitrogen and oxygen atoms in total. The van der Waals surface area contributed by atoms with Crippen molar-refractivity contribution in [1.82, 2.24) is 15.0 Å². The molecule has 21 heavy (non-hydrogen) atoms. The van der Waals surface area contributed by atoms with Gasteiger partial charge in [-0.25, -0.2) is 13.9 Å². The molecule has 0 aliphatic rings. The lowest BCUT2D eigenvalue weighted by Crippen LogP contribution is -2.07. The van der Waals surface area contributed by atoms with Crippen LogP contribution in [0.2, 0.25) is 0 Å². The zero-order valence-corrected chi connectivity index (χ0v) is 11.0. The zero-order valence-electron chi connectivity index (χ0n) is 11.0. The summed E-state index contributed by atoms with van der Waals surface area (Å²) in [5, 5.41) is 17.2. The minimum atomic E-state index is -1.02. The van der Waals surface area contributed by atoms with Crippen molar-refractivity contribution in [3.05, 3.63) is 59.4 Å². The molecule has 0 bridgehead atoms. The molecule has 6 heteroatoms. The number of halogens is 1. The van der Waals surface area contributed by atoms with E-state index in [0.29, 0.717) is 24.0 Å². The number of aromatic nitrogens is 3. The van der Waals surface area contributed by atoms with Crippen molar-refractivity contribution in [1.29, 1.82) is 0 Å². The molecule has 0 fully saturated rings. The number of carboxylic acids is 1. The highest BCUT2D eigenvalue weighted by Crippen LogP contribution is 2.17. The van der Waals surface area contributed by atoms with E-state index in [4.69, 9.17) is 0 Å². The van der Waals surface area contributed by atoms with Crippen molar-refractivity contribution in [2.75, 3.05) is 0 Å². The summed E-state index contributed by atoms with van der Waals surface area (Å²) in [6.45, 7) is 0.435. The van der Waals surface area contributed by atoms with E-state index in [-0.39, 0.29) is 11.4 Å². The molecule has 1 N–H and O–H groups in total. The summed E-state index contributed by atoms with van der Waals surface area (Å²) >= 11 is 0. The second-order valence-corrected chi connectivity index (χ2v) is 4.67. The van der Waals surface area contributed by atoms with Gasteiger partial charge in [-0.3, -0.25) is 0 Å². The Bertz CT molecular complexity index is 814. The molecular formula is C15H12FN3O2. The Labute approximate surface area is 119 Å². The number of rotatable bonds is 4. The van der Waals surface area contributed by atoms with Gasteiger partial charge in [-0.15, -0.1) is 5.10 Å². The van der Waals surface area contributed by atoms with E-state index in [0.717, 1.165) is 5.56 Å². The average Bonchev–Trinajstić information content (AvgIpc) is 2.88. The van der Waals surface area contributed by atoms with Crippen LogP contribution in [0.5, 0.6) is 0 Å². The number of nitrogens with zero attached hydrogens (tertiary/aromatic N) is 3. The Hall–Kier alpha value is -2.76. The summed E-state index contributed by atoms with van der Waals surface area (Å²) in [5.74, 6) is -1.31. The van der Waals surface area contributed by atoms with Crippen LogP contribution in [0.25, 0.3) is 11.0 Å². The van der Waals surface area contributed by atoms with Crippen LogP contribution in [0.4, 0.5) is 4.39 Å². The Kier molecular flexibility index (Phi) is 3.35. The molecule has 0 aliphatic heterocycles. The van der Waals surface area contributed by atoms with Crippen molar-refractivity contribution in [3.8, 4) is 0 Å². The number of fused-ring (bicyclic) bond motifs is 1. The molecule has 1 aromatic heterocycles. The first-order valence-corrected chi connectivity index (χ1v) is 6.45. The van der Waals surface area contributed by atoms with Gasteiger partial charge in [0.15, 0.2) is 0 Å². The molecule has 3 aromatic rings. The molecule has 1 heterocycles. The van der Waals surface area contributed by atoms with E-state index in [1.807, 2.05) is 6.07 Å². The van der Waals surface area contributed by atoms with Gasteiger partial charge in [-0.1, -0.05) is 23.4 Å². The third-order valence-corrected chi connectivity index (χ3v) is 3.26. The van der Waals surface area contributed by atoms with E-state index in [1.54, 1.807) is 22.9 Å². The summed E-state index contributed by atoms with van der Waals surface area (Å²) in [7, 11) is 0. The zero-order chi connectivity index (χ0) is 14.8. The summed E-state index contributed by atoms with van der Waals surface area (Å²) in [5.41, 5.74) is 2.01. The Balaban J connectivity index is 1.92. The van der Waals surface area contributed by atoms with Crippen LogP contribution in [-0.2, 0) is 13.0 Å². The van der Waals surface area contributed by atoms with Gasteiger partial charge >= 0.3 is 5.97 Å². The number of benzene rings is 2. The topological polar surface area (TPSA) is 68.0 Å². The lowest BCUT2D eigenvalue weighted by molar-refractivity contribution is 0.0698. The molecular weight excluding hydrogens is 273 g/mol. The third kappa shape index (κ3) is 2.60. The minimum absolute atomic E-state index is 0.164. The number of hydrogen-bond donors (Lipinski definition) is 1. The SMILES string of the molecule is O=C(O)c1cccc2nnn(CCc3cccc(F)c3)c12. The van der Waals surface area contributed by atoms with Crippen LogP contribution in [0.15, 0.2) is 42.5 Å². The maximum absolute atomic E-state index is 13.1. The van der Waals surface area contributed by atoms with E-state index >= 15 is 0 Å². The molecule has 0 saturated heterocycles. The number of hydrogen-bond acceptors (Lipinski definition) is 3. The first kappa shape index (κ1) is 13.2. The lowest BCUT2D eigenvalue weighted by Gasteiger charge is -2.05. The first-order valence-electron chi connectivity index (χ1n) is 6.45. The number of para-hydroxylation sites is 1. The molecule has 0 unspecified atom stereocenters. The van der Waals surface area contributed by atoms with Crippen molar-refractivity contribution >= 4 is 17.0 Å². The molecule has 0 radical (unpaired) electrons. The maximum Gasteiger partial charge on any atom is 0.337 e. The quantitative estimate of drug-likeness (QED) is 0.799. The second kappa shape index (κ2) is 5.32. The van der Waals surface area contributed by atoms with Crippen molar-refractivity contribution in [2.45, 2.75) is 13.0 Å². The van der Waals surface area contributed by atoms with Crippen LogP contribution in [0.1, 0.15) is 15.9 Å². The van der Waals surface area contributed by atoms with Gasteiger partial charge in [0, 0.05) is 6.54 Å². The highest BCUT2D eigenvalue weighted by molar-refractivity contribution is 6.00. The monoisotopic (exact) mass is 285 g/mol. The molecule has 3 rings (SSSR count). The molecule has 106 valence electrons. The average molecular weight is 285 g/mol. The van der Waals surface area contributed by atoms with E-state index in [1.165, 1.54) is 18.2 Å². The van der Waals surface area contributed by atoms with E-state index < -0.39 is 5.97 Å². The van der Waals surface area contributed by atoms with Crippen LogP contribution in [-0.4, -0.2) is 26.1 Å². The third-order valence-electron chi connectivity index (χ3n) is 3.26. The van der Waals surface area contributed by atoms with Gasteiger partial charge in [0.2, 0.25) is 0 Å². The summed E-state index contributed by atoms with van der Waals surface area (Å²) in [6.07, 6.45) is 0.546. The van der Waals surface area contributed by atoms with Gasteiger partial charge < -0.3 is 5.11 Å². The fraction of sp³-hybridized carbons (Fsp3) is 0.133. The van der Waals surface area contributed by atoms with Crippen molar-refractivity contribution in [2.24, 2.45) is 0 Å². The van der Waals surface area contributed by atoms with Gasteiger partial charge in [0.25, 0.3) is 0 Å². The van der Waals surface area contributed by atoms with Crippen molar-refractivity contribution < 1.29 is 14.3 Å². The lowest BCUT2D eigenvalue weighted by atomic mass is 10.1. The summed E-state index contributed by atoms with van der Waals surface area (Å²) in [6, 6.07) is 11.2. The van der Waals surface area contributed by atoms with Gasteiger partial charge in [0.1, 0.15) is 16.9 Å². The number of carbonyl (C=O) groups is 1. The first-order chi connectivity index (χ1) is 10.1. The van der Waals surface area contributed by atoms with Gasteiger partial charge in [-0.05, 0) is 36.2 Å². The van der Waals surface area contributed by atoms with E-state index in [9.17, 15) is 14.3 Å². The highest BCUT2D eigenvalue weighted by atomic mass is 19.1. The Morgan fingerprint density at radius 3 is 2.81 bits per heavy atom. The number of carboxylic acid groups (broad SMARTS) is 1. The van der Waals surface area contributed by atoms with Crippen LogP contribution in [0.3, 0.4) is 0 Å². The molecule has 0 saturated carbocycles. The second-order valence-electron chi connectivity index (χ2n) is 4.67. The molecule has 0 atom stereocenters. The largest absolute Gasteiger partial charge is 0.478 e. The Morgan fingerprint density at radius 2 is 2.05 bits per heavy atom. The van der Waals surface area contributed by atoms with Crippen molar-refractivity contribution in [3.63, 3.8) is 0 Å². The Morgan fingerprint density at radius 1 is 1.24 bits per heavy atom. The smallest absolute Gasteiger partial charge is 0.337 e. The molecule has 2 aromatic carbocycles. The molecule has 0 spiro atoms. The maximum atomic E-state index is 13.1. The van der Waals surface area contributed by atoms with E-state index in [2.05, 4.69) is 10.3 Å². The standard InChI is InChI=1S/C15H12FN3O2/c16-11-4-1-3-10(9-11)7-8-19-14-12(15(20)21)5-2-6-13(14)17-18-19/h1-6,9H,7-8H2,(H,20,21). The highest BCUT2D eigenvalue weighted by Gasteiger charge is 2.14. The van der Waals surface area contributed by atoms with Crippen LogP contribution < -0.4 is 0 Å². The summed E-state index contributed by atoms with van der Waals surface area (Å²) in [4.78, 5) is 11.3. The fourth-order valence-corrected chi connectivity index (χ4v) is 2.29. The fourth-order valence-electron chi connectivity index (χ4n) is 2.29. The molecule has 0 aliphatic carbocycles. The van der Waals surface area contributed by atoms with Gasteiger partial charge in [-0.2, -0.15) is 0 Å². The predicted octanol–water partition coefficient (Wildman–Crippen LogP) is 2.51. The van der Waals surface area contributed by atoms with Gasteiger partial charge in [0.05, 0.1) is 5.56 Å². The predicted molar refractivity (Wildman–Crippen MR) is 74.6 cm³/mol. The molecule has 0 amide bonds. The number of aromatic carboxylic acids is 1. The summed E-state index contributed by atoms with van der Waals surface area (Å²) < 4.78 is 14.7. The van der Waals surface area contributed by atoms with Crippen LogP contribution in [0, 0.1) is 5.82 Å². The van der Waals surface area contributed by atoms with Crippen LogP contribution >= 0.6 is 0 Å². The normalized spacial score (nSPS) is 10.9. The minimum Gasteiger partial charge on any atom is -0.478 e. The number of aryl methyl sites for hydroxylation is 2.